The van der Waals surface area contributed by atoms with Gasteiger partial charge in [0, 0.05) is 6.42 Å². The smallest absolute Gasteiger partial charge is 0.309 e. The van der Waals surface area contributed by atoms with Crippen molar-refractivity contribution in [2.24, 2.45) is 0 Å². The van der Waals surface area contributed by atoms with Crippen LogP contribution >= 0.6 is 0 Å². The minimum absolute atomic E-state index is 0.0892. The lowest BCUT2D eigenvalue weighted by Gasteiger charge is -2.38. The van der Waals surface area contributed by atoms with Crippen LogP contribution in [-0.2, 0) is 14.4 Å². The van der Waals surface area contributed by atoms with E-state index in [4.69, 9.17) is 15.3 Å². The standard InChI is InChI=1S/C28H51NO6/c1-2-3-4-5-6-7-8-9-10-11-12-13-14-15-16-17-18-22-29(23-19-26(30)31,24-20-27(32)33)25-21-28(34)35/h15-16H,2-14,17-25H2,1H3,(H2-,30,31,32,33,34,35)/p+1/b16-15+. The van der Waals surface area contributed by atoms with E-state index in [0.29, 0.717) is 6.54 Å². The summed E-state index contributed by atoms with van der Waals surface area (Å²) in [5.74, 6) is -2.83. The molecular weight excluding hydrogens is 446 g/mol. The second-order valence-electron chi connectivity index (χ2n) is 9.96. The van der Waals surface area contributed by atoms with Crippen LogP contribution in [0.15, 0.2) is 12.2 Å². The van der Waals surface area contributed by atoms with Gasteiger partial charge in [0.25, 0.3) is 0 Å². The third-order valence-electron chi connectivity index (χ3n) is 6.79. The number of rotatable bonds is 26. The SMILES string of the molecule is CCCCCCCCCCCCCC/C=C/CCC[N+](CCC(=O)O)(CCC(=O)O)CCC(=O)O. The van der Waals surface area contributed by atoms with Crippen LogP contribution in [0.5, 0.6) is 0 Å². The molecule has 0 bridgehead atoms. The summed E-state index contributed by atoms with van der Waals surface area (Å²) in [5, 5.41) is 27.3. The number of quaternary nitrogens is 1. The minimum atomic E-state index is -0.944. The number of unbranched alkanes of at least 4 members (excludes halogenated alkanes) is 13. The van der Waals surface area contributed by atoms with E-state index in [1.807, 2.05) is 0 Å². The molecule has 0 aromatic heterocycles. The Morgan fingerprint density at radius 1 is 0.514 bits per heavy atom. The number of carbonyl (C=O) groups is 3. The first-order chi connectivity index (χ1) is 16.8. The minimum Gasteiger partial charge on any atom is -0.481 e. The topological polar surface area (TPSA) is 112 Å². The van der Waals surface area contributed by atoms with Crippen molar-refractivity contribution in [1.29, 1.82) is 0 Å². The van der Waals surface area contributed by atoms with Gasteiger partial charge in [0.15, 0.2) is 0 Å². The Balaban J connectivity index is 4.11. The molecule has 0 amide bonds. The van der Waals surface area contributed by atoms with Gasteiger partial charge in [0.05, 0.1) is 45.4 Å². The van der Waals surface area contributed by atoms with Crippen molar-refractivity contribution >= 4 is 17.9 Å². The molecule has 0 saturated carbocycles. The van der Waals surface area contributed by atoms with Gasteiger partial charge in [0.1, 0.15) is 0 Å². The molecule has 0 rings (SSSR count). The van der Waals surface area contributed by atoms with E-state index < -0.39 is 17.9 Å². The average Bonchev–Trinajstić information content (AvgIpc) is 2.81. The predicted molar refractivity (Wildman–Crippen MR) is 141 cm³/mol. The van der Waals surface area contributed by atoms with Crippen LogP contribution < -0.4 is 0 Å². The largest absolute Gasteiger partial charge is 0.481 e. The number of allylic oxidation sites excluding steroid dienone is 2. The molecular formula is C28H52NO6+. The molecule has 0 unspecified atom stereocenters. The van der Waals surface area contributed by atoms with Crippen LogP contribution in [-0.4, -0.2) is 63.9 Å². The molecule has 0 aromatic carbocycles. The molecule has 0 atom stereocenters. The molecule has 0 aromatic rings. The lowest BCUT2D eigenvalue weighted by Crippen LogP contribution is -2.52. The Labute approximate surface area is 213 Å². The summed E-state index contributed by atoms with van der Waals surface area (Å²) in [6, 6.07) is 0. The van der Waals surface area contributed by atoms with Crippen LogP contribution in [0.3, 0.4) is 0 Å². The van der Waals surface area contributed by atoms with Crippen LogP contribution in [0.25, 0.3) is 0 Å². The normalized spacial score (nSPS) is 11.8. The van der Waals surface area contributed by atoms with E-state index in [1.54, 1.807) is 0 Å². The number of carboxylic acid groups (broad SMARTS) is 3. The monoisotopic (exact) mass is 498 g/mol. The Hall–Kier alpha value is -1.89. The molecule has 204 valence electrons. The molecule has 0 spiro atoms. The zero-order valence-electron chi connectivity index (χ0n) is 22.2. The third-order valence-corrected chi connectivity index (χ3v) is 6.79. The molecule has 0 aliphatic carbocycles. The fraction of sp³-hybridized carbons (Fsp3) is 0.821. The Morgan fingerprint density at radius 2 is 0.857 bits per heavy atom. The fourth-order valence-corrected chi connectivity index (χ4v) is 4.55. The molecule has 35 heavy (non-hydrogen) atoms. The van der Waals surface area contributed by atoms with E-state index in [1.165, 1.54) is 77.0 Å². The number of aliphatic carboxylic acids is 3. The number of hydrogen-bond acceptors (Lipinski definition) is 3. The van der Waals surface area contributed by atoms with Gasteiger partial charge in [0.2, 0.25) is 0 Å². The average molecular weight is 499 g/mol. The van der Waals surface area contributed by atoms with Gasteiger partial charge in [-0.25, -0.2) is 0 Å². The van der Waals surface area contributed by atoms with Crippen molar-refractivity contribution in [1.82, 2.24) is 0 Å². The highest BCUT2D eigenvalue weighted by Crippen LogP contribution is 2.16. The summed E-state index contributed by atoms with van der Waals surface area (Å²) in [5.41, 5.74) is 0. The lowest BCUT2D eigenvalue weighted by atomic mass is 10.0. The van der Waals surface area contributed by atoms with Gasteiger partial charge in [-0.1, -0.05) is 89.7 Å². The maximum atomic E-state index is 11.1. The van der Waals surface area contributed by atoms with Gasteiger partial charge in [-0.3, -0.25) is 14.4 Å². The Morgan fingerprint density at radius 3 is 1.23 bits per heavy atom. The second kappa shape index (κ2) is 22.6. The van der Waals surface area contributed by atoms with Crippen molar-refractivity contribution in [3.8, 4) is 0 Å². The van der Waals surface area contributed by atoms with Gasteiger partial charge < -0.3 is 19.8 Å². The van der Waals surface area contributed by atoms with Gasteiger partial charge in [-0.15, -0.1) is 0 Å². The zero-order valence-corrected chi connectivity index (χ0v) is 22.2. The summed E-state index contributed by atoms with van der Waals surface area (Å²) in [6.45, 7) is 3.64. The number of nitrogens with zero attached hydrogens (tertiary/aromatic N) is 1. The molecule has 0 aliphatic heterocycles. The summed E-state index contributed by atoms with van der Waals surface area (Å²) in [4.78, 5) is 33.3. The number of carboxylic acids is 3. The first-order valence-corrected chi connectivity index (χ1v) is 14.0. The third kappa shape index (κ3) is 22.3. The van der Waals surface area contributed by atoms with Crippen molar-refractivity contribution in [3.63, 3.8) is 0 Å². The van der Waals surface area contributed by atoms with Crippen LogP contribution in [0.4, 0.5) is 0 Å². The van der Waals surface area contributed by atoms with Gasteiger partial charge in [-0.05, 0) is 19.3 Å². The van der Waals surface area contributed by atoms with E-state index in [2.05, 4.69) is 19.1 Å². The van der Waals surface area contributed by atoms with E-state index in [0.717, 1.165) is 19.3 Å². The van der Waals surface area contributed by atoms with E-state index >= 15 is 0 Å². The van der Waals surface area contributed by atoms with Crippen LogP contribution in [0.1, 0.15) is 122 Å². The van der Waals surface area contributed by atoms with Crippen molar-refractivity contribution < 1.29 is 34.2 Å². The Kier molecular flexibility index (Phi) is 21.3. The zero-order chi connectivity index (χ0) is 26.2. The molecule has 0 saturated heterocycles. The van der Waals surface area contributed by atoms with Crippen molar-refractivity contribution in [2.45, 2.75) is 122 Å². The predicted octanol–water partition coefficient (Wildman–Crippen LogP) is 6.65. The summed E-state index contributed by atoms with van der Waals surface area (Å²) in [7, 11) is 0. The first-order valence-electron chi connectivity index (χ1n) is 14.0. The maximum Gasteiger partial charge on any atom is 0.309 e. The highest BCUT2D eigenvalue weighted by atomic mass is 16.4. The molecule has 0 aliphatic rings. The molecule has 0 radical (unpaired) electrons. The molecule has 3 N–H and O–H groups in total. The summed E-state index contributed by atoms with van der Waals surface area (Å²) < 4.78 is 0.234. The quantitative estimate of drug-likeness (QED) is 0.0699. The van der Waals surface area contributed by atoms with E-state index in [9.17, 15) is 14.4 Å². The second-order valence-corrected chi connectivity index (χ2v) is 9.96. The molecule has 7 nitrogen and oxygen atoms in total. The van der Waals surface area contributed by atoms with Crippen LogP contribution in [0, 0.1) is 0 Å². The molecule has 0 fully saturated rings. The maximum absolute atomic E-state index is 11.1. The van der Waals surface area contributed by atoms with E-state index in [-0.39, 0.29) is 43.4 Å². The van der Waals surface area contributed by atoms with Crippen molar-refractivity contribution in [2.75, 3.05) is 26.2 Å². The van der Waals surface area contributed by atoms with Crippen molar-refractivity contribution in [3.05, 3.63) is 12.2 Å². The summed E-state index contributed by atoms with van der Waals surface area (Å²) in [6.07, 6.45) is 22.9. The van der Waals surface area contributed by atoms with Gasteiger partial charge in [-0.2, -0.15) is 0 Å². The molecule has 0 heterocycles. The summed E-state index contributed by atoms with van der Waals surface area (Å²) >= 11 is 0. The highest BCUT2D eigenvalue weighted by molar-refractivity contribution is 5.67. The fourth-order valence-electron chi connectivity index (χ4n) is 4.55. The Bertz CT molecular complexity index is 544. The van der Waals surface area contributed by atoms with Gasteiger partial charge >= 0.3 is 17.9 Å². The molecule has 7 heteroatoms. The number of hydrogen-bond donors (Lipinski definition) is 3. The van der Waals surface area contributed by atoms with Crippen LogP contribution in [0.2, 0.25) is 0 Å². The lowest BCUT2D eigenvalue weighted by molar-refractivity contribution is -0.927. The first kappa shape index (κ1) is 33.1. The highest BCUT2D eigenvalue weighted by Gasteiger charge is 2.29.